The number of likely N-dealkylation sites (tertiary alicyclic amines) is 1. The second-order valence-corrected chi connectivity index (χ2v) is 11.0. The number of carbonyl (C=O) groups excluding carboxylic acids is 1. The molecule has 2 aliphatic heterocycles. The molecule has 4 heterocycles. The SMILES string of the molecule is Cc1sc(-c2noc(C(=O)N3CCCC3)n2)cc1S(=O)(=O)N1CCc2ccccc2C1. The Morgan fingerprint density at radius 1 is 1.13 bits per heavy atom. The van der Waals surface area contributed by atoms with Crippen LogP contribution in [0.3, 0.4) is 0 Å². The molecule has 0 bridgehead atoms. The van der Waals surface area contributed by atoms with E-state index in [1.54, 1.807) is 17.9 Å². The van der Waals surface area contributed by atoms with Gasteiger partial charge in [0.2, 0.25) is 15.8 Å². The molecule has 8 nitrogen and oxygen atoms in total. The minimum absolute atomic E-state index is 0.0556. The molecule has 1 amide bonds. The summed E-state index contributed by atoms with van der Waals surface area (Å²) in [4.78, 5) is 19.9. The average Bonchev–Trinajstić information content (AvgIpc) is 3.53. The number of rotatable bonds is 4. The summed E-state index contributed by atoms with van der Waals surface area (Å²) < 4.78 is 33.4. The van der Waals surface area contributed by atoms with E-state index in [2.05, 4.69) is 10.1 Å². The Hall–Kier alpha value is -2.56. The molecule has 3 aromatic rings. The monoisotopic (exact) mass is 458 g/mol. The van der Waals surface area contributed by atoms with Crippen LogP contribution in [0.5, 0.6) is 0 Å². The van der Waals surface area contributed by atoms with Gasteiger partial charge in [0.25, 0.3) is 0 Å². The molecule has 2 aliphatic rings. The number of nitrogens with zero attached hydrogens (tertiary/aromatic N) is 4. The zero-order valence-corrected chi connectivity index (χ0v) is 18.7. The van der Waals surface area contributed by atoms with E-state index in [0.717, 1.165) is 18.4 Å². The van der Waals surface area contributed by atoms with Crippen LogP contribution in [0.15, 0.2) is 39.8 Å². The van der Waals surface area contributed by atoms with Gasteiger partial charge in [0.15, 0.2) is 0 Å². The van der Waals surface area contributed by atoms with Gasteiger partial charge in [-0.05, 0) is 43.4 Å². The fourth-order valence-corrected chi connectivity index (χ4v) is 7.02. The van der Waals surface area contributed by atoms with E-state index < -0.39 is 10.0 Å². The summed E-state index contributed by atoms with van der Waals surface area (Å²) in [5.41, 5.74) is 2.23. The molecule has 162 valence electrons. The first-order valence-electron chi connectivity index (χ1n) is 10.2. The number of benzene rings is 1. The van der Waals surface area contributed by atoms with Crippen molar-refractivity contribution < 1.29 is 17.7 Å². The highest BCUT2D eigenvalue weighted by atomic mass is 32.2. The molecule has 1 aromatic carbocycles. The number of amides is 1. The summed E-state index contributed by atoms with van der Waals surface area (Å²) >= 11 is 1.29. The lowest BCUT2D eigenvalue weighted by molar-refractivity contribution is 0.0743. The van der Waals surface area contributed by atoms with E-state index in [-0.39, 0.29) is 22.5 Å². The Kier molecular flexibility index (Phi) is 5.15. The van der Waals surface area contributed by atoms with Crippen molar-refractivity contribution in [3.63, 3.8) is 0 Å². The van der Waals surface area contributed by atoms with Gasteiger partial charge in [0, 0.05) is 31.1 Å². The van der Waals surface area contributed by atoms with Gasteiger partial charge in [-0.2, -0.15) is 9.29 Å². The first kappa shape index (κ1) is 20.3. The lowest BCUT2D eigenvalue weighted by atomic mass is 10.0. The van der Waals surface area contributed by atoms with Crippen molar-refractivity contribution in [2.24, 2.45) is 0 Å². The van der Waals surface area contributed by atoms with Gasteiger partial charge in [-0.1, -0.05) is 29.4 Å². The predicted molar refractivity (Wildman–Crippen MR) is 115 cm³/mol. The van der Waals surface area contributed by atoms with Crippen molar-refractivity contribution in [1.82, 2.24) is 19.3 Å². The van der Waals surface area contributed by atoms with Crippen molar-refractivity contribution in [3.05, 3.63) is 52.2 Å². The molecule has 1 saturated heterocycles. The molecule has 0 atom stereocenters. The number of aromatic nitrogens is 2. The number of hydrogen-bond donors (Lipinski definition) is 0. The molecule has 0 radical (unpaired) electrons. The van der Waals surface area contributed by atoms with E-state index in [9.17, 15) is 13.2 Å². The maximum atomic E-state index is 13.4. The maximum absolute atomic E-state index is 13.4. The van der Waals surface area contributed by atoms with Gasteiger partial charge >= 0.3 is 11.8 Å². The number of thiophene rings is 1. The minimum atomic E-state index is -3.66. The quantitative estimate of drug-likeness (QED) is 0.596. The van der Waals surface area contributed by atoms with Gasteiger partial charge in [-0.15, -0.1) is 11.3 Å². The molecule has 0 unspecified atom stereocenters. The van der Waals surface area contributed by atoms with E-state index in [0.29, 0.717) is 42.4 Å². The minimum Gasteiger partial charge on any atom is -0.334 e. The Bertz CT molecular complexity index is 1240. The summed E-state index contributed by atoms with van der Waals surface area (Å²) in [6.07, 6.45) is 2.64. The zero-order chi connectivity index (χ0) is 21.6. The number of carbonyl (C=O) groups is 1. The molecule has 0 spiro atoms. The Morgan fingerprint density at radius 2 is 1.87 bits per heavy atom. The lowest BCUT2D eigenvalue weighted by Crippen LogP contribution is -2.36. The highest BCUT2D eigenvalue weighted by Crippen LogP contribution is 2.35. The summed E-state index contributed by atoms with van der Waals surface area (Å²) in [5, 5.41) is 3.93. The summed E-state index contributed by atoms with van der Waals surface area (Å²) in [6.45, 7) is 3.96. The smallest absolute Gasteiger partial charge is 0.316 e. The van der Waals surface area contributed by atoms with Crippen LogP contribution in [-0.4, -0.2) is 53.3 Å². The Morgan fingerprint density at radius 3 is 2.65 bits per heavy atom. The van der Waals surface area contributed by atoms with Crippen LogP contribution < -0.4 is 0 Å². The maximum Gasteiger partial charge on any atom is 0.316 e. The van der Waals surface area contributed by atoms with Gasteiger partial charge in [0.1, 0.15) is 0 Å². The number of hydrogen-bond acceptors (Lipinski definition) is 7. The molecule has 0 aliphatic carbocycles. The second-order valence-electron chi connectivity index (χ2n) is 7.81. The van der Waals surface area contributed by atoms with Gasteiger partial charge in [-0.3, -0.25) is 4.79 Å². The molecular weight excluding hydrogens is 436 g/mol. The van der Waals surface area contributed by atoms with Crippen LogP contribution in [0.25, 0.3) is 10.7 Å². The molecule has 5 rings (SSSR count). The second kappa shape index (κ2) is 7.85. The van der Waals surface area contributed by atoms with Gasteiger partial charge in [0.05, 0.1) is 9.77 Å². The first-order chi connectivity index (χ1) is 14.9. The molecule has 0 N–H and O–H groups in total. The third-order valence-corrected chi connectivity index (χ3v) is 8.96. The molecule has 0 saturated carbocycles. The number of fused-ring (bicyclic) bond motifs is 1. The predicted octanol–water partition coefficient (Wildman–Crippen LogP) is 3.09. The van der Waals surface area contributed by atoms with Crippen molar-refractivity contribution in [1.29, 1.82) is 0 Å². The van der Waals surface area contributed by atoms with Crippen LogP contribution in [0.2, 0.25) is 0 Å². The number of sulfonamides is 1. The average molecular weight is 459 g/mol. The zero-order valence-electron chi connectivity index (χ0n) is 17.1. The van der Waals surface area contributed by atoms with E-state index in [1.807, 2.05) is 24.3 Å². The van der Waals surface area contributed by atoms with Crippen molar-refractivity contribution in [3.8, 4) is 10.7 Å². The fourth-order valence-electron chi connectivity index (χ4n) is 4.11. The summed E-state index contributed by atoms with van der Waals surface area (Å²) in [5.74, 6) is -0.0922. The van der Waals surface area contributed by atoms with Crippen LogP contribution in [-0.2, 0) is 23.0 Å². The summed E-state index contributed by atoms with van der Waals surface area (Å²) in [6, 6.07) is 9.52. The van der Waals surface area contributed by atoms with Crippen LogP contribution >= 0.6 is 11.3 Å². The molecular formula is C21H22N4O4S2. The van der Waals surface area contributed by atoms with E-state index >= 15 is 0 Å². The Labute approximate surface area is 184 Å². The third-order valence-electron chi connectivity index (χ3n) is 5.81. The molecule has 31 heavy (non-hydrogen) atoms. The van der Waals surface area contributed by atoms with Crippen LogP contribution in [0.1, 0.15) is 39.5 Å². The normalized spacial score (nSPS) is 17.1. The van der Waals surface area contributed by atoms with Gasteiger partial charge < -0.3 is 9.42 Å². The summed E-state index contributed by atoms with van der Waals surface area (Å²) in [7, 11) is -3.66. The first-order valence-corrected chi connectivity index (χ1v) is 12.5. The van der Waals surface area contributed by atoms with E-state index in [1.165, 1.54) is 21.2 Å². The highest BCUT2D eigenvalue weighted by Gasteiger charge is 2.32. The highest BCUT2D eigenvalue weighted by molar-refractivity contribution is 7.89. The lowest BCUT2D eigenvalue weighted by Gasteiger charge is -2.28. The van der Waals surface area contributed by atoms with Crippen molar-refractivity contribution in [2.75, 3.05) is 19.6 Å². The third kappa shape index (κ3) is 3.68. The molecule has 10 heteroatoms. The van der Waals surface area contributed by atoms with Crippen molar-refractivity contribution in [2.45, 2.75) is 37.6 Å². The van der Waals surface area contributed by atoms with Crippen LogP contribution in [0.4, 0.5) is 0 Å². The van der Waals surface area contributed by atoms with E-state index in [4.69, 9.17) is 4.52 Å². The Balaban J connectivity index is 1.40. The standard InChI is InChI=1S/C21H22N4O4S2/c1-14-18(31(27,28)25-11-8-15-6-2-3-7-16(15)13-25)12-17(30-14)19-22-20(29-23-19)21(26)24-9-4-5-10-24/h2-3,6-7,12H,4-5,8-11,13H2,1H3. The van der Waals surface area contributed by atoms with Gasteiger partial charge in [-0.25, -0.2) is 8.42 Å². The fraction of sp³-hybridized carbons (Fsp3) is 0.381. The molecule has 2 aromatic heterocycles. The number of aryl methyl sites for hydroxylation is 1. The van der Waals surface area contributed by atoms with Crippen molar-refractivity contribution >= 4 is 27.3 Å². The van der Waals surface area contributed by atoms with Crippen LogP contribution in [0, 0.1) is 6.92 Å². The topological polar surface area (TPSA) is 96.6 Å². The molecule has 1 fully saturated rings. The largest absolute Gasteiger partial charge is 0.334 e.